The average molecular weight is 811 g/mol. The van der Waals surface area contributed by atoms with Crippen molar-refractivity contribution in [2.75, 3.05) is 9.80 Å². The van der Waals surface area contributed by atoms with Crippen molar-refractivity contribution in [2.24, 2.45) is 0 Å². The lowest BCUT2D eigenvalue weighted by molar-refractivity contribution is 0.332. The second kappa shape index (κ2) is 13.2. The van der Waals surface area contributed by atoms with E-state index in [2.05, 4.69) is 206 Å². The molecule has 8 aromatic rings. The highest BCUT2D eigenvalue weighted by atomic mass is 32.1. The van der Waals surface area contributed by atoms with E-state index in [0.29, 0.717) is 0 Å². The fourth-order valence-corrected chi connectivity index (χ4v) is 12.2. The maximum absolute atomic E-state index is 2.67. The van der Waals surface area contributed by atoms with Crippen LogP contribution in [0.1, 0.15) is 94.7 Å². The Balaban J connectivity index is 1.31. The molecule has 2 aliphatic heterocycles. The summed E-state index contributed by atoms with van der Waals surface area (Å²) in [6.45, 7) is 23.8. The third kappa shape index (κ3) is 5.74. The van der Waals surface area contributed by atoms with E-state index in [9.17, 15) is 0 Å². The highest BCUT2D eigenvalue weighted by Crippen LogP contribution is 2.52. The average Bonchev–Trinajstić information content (AvgIpc) is 3.59. The van der Waals surface area contributed by atoms with Crippen molar-refractivity contribution < 1.29 is 0 Å². The van der Waals surface area contributed by atoms with Crippen LogP contribution in [0.5, 0.6) is 0 Å². The third-order valence-electron chi connectivity index (χ3n) is 14.7. The molecular weight excluding hydrogens is 756 g/mol. The van der Waals surface area contributed by atoms with Gasteiger partial charge in [-0.25, -0.2) is 0 Å². The molecule has 0 spiro atoms. The first-order valence-electron chi connectivity index (χ1n) is 22.3. The van der Waals surface area contributed by atoms with E-state index in [0.717, 1.165) is 0 Å². The summed E-state index contributed by atoms with van der Waals surface area (Å²) in [5.41, 5.74) is 22.6. The minimum Gasteiger partial charge on any atom is -0.311 e. The number of thiophene rings is 1. The third-order valence-corrected chi connectivity index (χ3v) is 15.8. The highest BCUT2D eigenvalue weighted by molar-refractivity contribution is 7.26. The van der Waals surface area contributed by atoms with Gasteiger partial charge in [0.15, 0.2) is 0 Å². The summed E-state index contributed by atoms with van der Waals surface area (Å²) in [5, 5.41) is 2.65. The quantitative estimate of drug-likeness (QED) is 0.164. The van der Waals surface area contributed by atoms with Crippen LogP contribution >= 0.6 is 11.3 Å². The Kier molecular flexibility index (Phi) is 8.31. The predicted octanol–water partition coefficient (Wildman–Crippen LogP) is 14.4. The van der Waals surface area contributed by atoms with Crippen molar-refractivity contribution in [1.82, 2.24) is 0 Å². The molecule has 11 rings (SSSR count). The van der Waals surface area contributed by atoms with Crippen molar-refractivity contribution in [1.29, 1.82) is 0 Å². The van der Waals surface area contributed by atoms with Gasteiger partial charge in [-0.05, 0) is 159 Å². The zero-order chi connectivity index (χ0) is 42.3. The van der Waals surface area contributed by atoms with Gasteiger partial charge >= 0.3 is 0 Å². The maximum atomic E-state index is 2.67. The Morgan fingerprint density at radius 3 is 1.84 bits per heavy atom. The monoisotopic (exact) mass is 810 g/mol. The van der Waals surface area contributed by atoms with Crippen molar-refractivity contribution >= 4 is 88.7 Å². The van der Waals surface area contributed by atoms with Gasteiger partial charge in [-0.3, -0.25) is 0 Å². The van der Waals surface area contributed by atoms with Crippen LogP contribution in [0.3, 0.4) is 0 Å². The number of rotatable bonds is 3. The summed E-state index contributed by atoms with van der Waals surface area (Å²) in [6.07, 6.45) is 2.37. The normalized spacial score (nSPS) is 16.1. The molecule has 0 amide bonds. The second-order valence-corrected chi connectivity index (χ2v) is 21.7. The van der Waals surface area contributed by atoms with Gasteiger partial charge in [0.1, 0.15) is 0 Å². The SMILES string of the molecule is Cc1ccccc1-c1cc2c3c(c1)N(c1ccccc1C)c1cc4c(cc1B3c1cc(C(C)(C)C)ccc1N2c1cc2c(cc1C)C(C)(C)CCC2(C)C)sc1ccccc14. The molecule has 1 aliphatic carbocycles. The molecule has 2 nitrogen and oxygen atoms in total. The van der Waals surface area contributed by atoms with E-state index in [-0.39, 0.29) is 23.0 Å². The summed E-state index contributed by atoms with van der Waals surface area (Å²) in [6, 6.07) is 49.6. The predicted molar refractivity (Wildman–Crippen MR) is 267 cm³/mol. The van der Waals surface area contributed by atoms with Gasteiger partial charge < -0.3 is 9.80 Å². The Bertz CT molecular complexity index is 3140. The van der Waals surface area contributed by atoms with Crippen LogP contribution in [0.4, 0.5) is 34.1 Å². The molecule has 4 heteroatoms. The topological polar surface area (TPSA) is 6.48 Å². The van der Waals surface area contributed by atoms with E-state index < -0.39 is 0 Å². The summed E-state index contributed by atoms with van der Waals surface area (Å²) in [4.78, 5) is 5.29. The van der Waals surface area contributed by atoms with Crippen molar-refractivity contribution in [3.63, 3.8) is 0 Å². The number of anilines is 6. The molecule has 0 radical (unpaired) electrons. The first-order valence-corrected chi connectivity index (χ1v) is 23.1. The van der Waals surface area contributed by atoms with Gasteiger partial charge in [0.2, 0.25) is 0 Å². The summed E-state index contributed by atoms with van der Waals surface area (Å²) in [7, 11) is 0. The Hall–Kier alpha value is -5.58. The fourth-order valence-electron chi connectivity index (χ4n) is 11.0. The molecule has 3 heterocycles. The van der Waals surface area contributed by atoms with Gasteiger partial charge in [0.25, 0.3) is 6.71 Å². The van der Waals surface area contributed by atoms with Crippen molar-refractivity contribution in [3.8, 4) is 11.1 Å². The molecule has 0 fully saturated rings. The van der Waals surface area contributed by atoms with E-state index in [4.69, 9.17) is 0 Å². The van der Waals surface area contributed by atoms with Crippen LogP contribution in [-0.4, -0.2) is 6.71 Å². The van der Waals surface area contributed by atoms with Crippen LogP contribution in [-0.2, 0) is 16.2 Å². The minimum atomic E-state index is -0.0187. The van der Waals surface area contributed by atoms with Gasteiger partial charge in [0, 0.05) is 54.3 Å². The second-order valence-electron chi connectivity index (χ2n) is 20.6. The molecule has 61 heavy (non-hydrogen) atoms. The van der Waals surface area contributed by atoms with E-state index >= 15 is 0 Å². The number of hydrogen-bond donors (Lipinski definition) is 0. The maximum Gasteiger partial charge on any atom is 0.252 e. The summed E-state index contributed by atoms with van der Waals surface area (Å²) >= 11 is 1.92. The molecule has 3 aliphatic rings. The molecular formula is C57H55BN2S. The Morgan fingerprint density at radius 2 is 1.13 bits per heavy atom. The first kappa shape index (κ1) is 38.4. The lowest BCUT2D eigenvalue weighted by Gasteiger charge is -2.46. The number of nitrogens with zero attached hydrogens (tertiary/aromatic N) is 2. The lowest BCUT2D eigenvalue weighted by Crippen LogP contribution is -2.61. The van der Waals surface area contributed by atoms with E-state index in [1.54, 1.807) is 0 Å². The fraction of sp³-hybridized carbons (Fsp3) is 0.263. The Labute approximate surface area is 367 Å². The minimum absolute atomic E-state index is 0.0187. The number of benzene rings is 7. The largest absolute Gasteiger partial charge is 0.311 e. The van der Waals surface area contributed by atoms with Crippen LogP contribution in [0.15, 0.2) is 127 Å². The van der Waals surface area contributed by atoms with Crippen molar-refractivity contribution in [3.05, 3.63) is 161 Å². The molecule has 0 bridgehead atoms. The molecule has 0 atom stereocenters. The van der Waals surface area contributed by atoms with E-state index in [1.165, 1.54) is 128 Å². The van der Waals surface area contributed by atoms with Crippen LogP contribution in [0, 0.1) is 20.8 Å². The molecule has 0 N–H and O–H groups in total. The molecule has 7 aromatic carbocycles. The number of fused-ring (bicyclic) bond motifs is 8. The van der Waals surface area contributed by atoms with Crippen molar-refractivity contribution in [2.45, 2.75) is 98.3 Å². The zero-order valence-corrected chi connectivity index (χ0v) is 38.2. The number of para-hydroxylation sites is 1. The number of hydrogen-bond acceptors (Lipinski definition) is 3. The van der Waals surface area contributed by atoms with E-state index in [1.807, 2.05) is 11.3 Å². The molecule has 0 saturated heterocycles. The van der Waals surface area contributed by atoms with Gasteiger partial charge in [-0.1, -0.05) is 127 Å². The van der Waals surface area contributed by atoms with Gasteiger partial charge in [-0.2, -0.15) is 0 Å². The molecule has 0 saturated carbocycles. The standard InChI is InChI=1S/C57H55BN2S/c1-34-17-11-13-19-39(34)37-28-50-54-51(29-37)60(48-32-43-42(27-36(48)3)56(7,8)25-26-57(43,9)10)47-24-23-38(55(4,5)6)30-44(47)58(54)45-33-53-41(40-20-14-16-22-52(40)61-53)31-49(45)59(50)46-21-15-12-18-35(46)2/h11-24,27-33H,25-26H2,1-10H3. The van der Waals surface area contributed by atoms with Crippen LogP contribution in [0.25, 0.3) is 31.3 Å². The summed E-state index contributed by atoms with van der Waals surface area (Å²) < 4.78 is 2.68. The zero-order valence-electron chi connectivity index (χ0n) is 37.4. The molecule has 302 valence electrons. The Morgan fingerprint density at radius 1 is 0.508 bits per heavy atom. The lowest BCUT2D eigenvalue weighted by atomic mass is 9.33. The van der Waals surface area contributed by atoms with Crippen LogP contribution < -0.4 is 26.2 Å². The highest BCUT2D eigenvalue weighted by Gasteiger charge is 2.46. The van der Waals surface area contributed by atoms with Crippen LogP contribution in [0.2, 0.25) is 0 Å². The first-order chi connectivity index (χ1) is 29.1. The smallest absolute Gasteiger partial charge is 0.252 e. The number of aryl methyl sites for hydroxylation is 3. The van der Waals surface area contributed by atoms with Gasteiger partial charge in [0.05, 0.1) is 0 Å². The molecule has 0 unspecified atom stereocenters. The molecule has 1 aromatic heterocycles. The summed E-state index contributed by atoms with van der Waals surface area (Å²) in [5.74, 6) is 0. The van der Waals surface area contributed by atoms with Gasteiger partial charge in [-0.15, -0.1) is 11.3 Å².